The number of hydrogen-bond donors (Lipinski definition) is 2. The average Bonchev–Trinajstić information content (AvgIpc) is 2.28. The van der Waals surface area contributed by atoms with Gasteiger partial charge in [0, 0.05) is 13.1 Å². The first-order valence-electron chi connectivity index (χ1n) is 5.30. The van der Waals surface area contributed by atoms with Crippen molar-refractivity contribution in [3.8, 4) is 6.07 Å². The lowest BCUT2D eigenvalue weighted by Gasteiger charge is -2.50. The Kier molecular flexibility index (Phi) is 2.73. The van der Waals surface area contributed by atoms with Crippen molar-refractivity contribution < 1.29 is 5.11 Å². The van der Waals surface area contributed by atoms with Crippen LogP contribution in [-0.4, -0.2) is 48.3 Å². The van der Waals surface area contributed by atoms with Gasteiger partial charge in [0.1, 0.15) is 5.54 Å². The highest BCUT2D eigenvalue weighted by Crippen LogP contribution is 2.34. The smallest absolute Gasteiger partial charge is 0.122 e. The summed E-state index contributed by atoms with van der Waals surface area (Å²) in [4.78, 5) is 2.34. The zero-order valence-electron chi connectivity index (χ0n) is 8.37. The van der Waals surface area contributed by atoms with Crippen LogP contribution in [0.15, 0.2) is 0 Å². The summed E-state index contributed by atoms with van der Waals surface area (Å²) in [6.07, 6.45) is 2.23. The number of nitrogens with one attached hydrogen (secondary N) is 1. The lowest BCUT2D eigenvalue weighted by molar-refractivity contribution is 0.0348. The number of aliphatic hydroxyl groups excluding tert-OH is 1. The molecule has 2 bridgehead atoms. The van der Waals surface area contributed by atoms with Gasteiger partial charge >= 0.3 is 0 Å². The fraction of sp³-hybridized carbons (Fsp3) is 0.900. The van der Waals surface area contributed by atoms with Gasteiger partial charge in [-0.2, -0.15) is 5.26 Å². The molecule has 0 aromatic rings. The molecule has 0 saturated carbocycles. The van der Waals surface area contributed by atoms with E-state index in [0.717, 1.165) is 32.5 Å². The van der Waals surface area contributed by atoms with E-state index < -0.39 is 0 Å². The fourth-order valence-corrected chi connectivity index (χ4v) is 2.71. The second-order valence-corrected chi connectivity index (χ2v) is 4.28. The molecule has 4 nitrogen and oxygen atoms in total. The van der Waals surface area contributed by atoms with Gasteiger partial charge in [0.2, 0.25) is 0 Å². The molecule has 3 fully saturated rings. The molecule has 3 saturated heterocycles. The van der Waals surface area contributed by atoms with Crippen LogP contribution < -0.4 is 5.32 Å². The minimum Gasteiger partial charge on any atom is -0.395 e. The highest BCUT2D eigenvalue weighted by Gasteiger charge is 2.46. The van der Waals surface area contributed by atoms with Crippen molar-refractivity contribution in [1.29, 1.82) is 5.26 Å². The van der Waals surface area contributed by atoms with Gasteiger partial charge in [0.25, 0.3) is 0 Å². The Bertz CT molecular complexity index is 242. The predicted octanol–water partition coefficient (Wildman–Crippen LogP) is -0.444. The van der Waals surface area contributed by atoms with Crippen molar-refractivity contribution in [3.63, 3.8) is 0 Å². The number of β-amino-alcohol motifs (C(OH)–C–C–N with tert-alkyl or cyclic N) is 1. The van der Waals surface area contributed by atoms with Gasteiger partial charge in [-0.25, -0.2) is 0 Å². The Morgan fingerprint density at radius 2 is 2.21 bits per heavy atom. The van der Waals surface area contributed by atoms with Crippen molar-refractivity contribution in [3.05, 3.63) is 0 Å². The van der Waals surface area contributed by atoms with Gasteiger partial charge in [-0.05, 0) is 31.8 Å². The molecule has 3 aliphatic heterocycles. The molecule has 1 atom stereocenters. The topological polar surface area (TPSA) is 59.3 Å². The third-order valence-electron chi connectivity index (χ3n) is 3.51. The van der Waals surface area contributed by atoms with Crippen LogP contribution in [0.5, 0.6) is 0 Å². The van der Waals surface area contributed by atoms with Gasteiger partial charge in [0.15, 0.2) is 0 Å². The molecule has 2 N–H and O–H groups in total. The summed E-state index contributed by atoms with van der Waals surface area (Å²) >= 11 is 0. The molecule has 3 rings (SSSR count). The second-order valence-electron chi connectivity index (χ2n) is 4.28. The van der Waals surface area contributed by atoms with E-state index in [-0.39, 0.29) is 12.1 Å². The molecule has 0 spiro atoms. The molecule has 4 heteroatoms. The quantitative estimate of drug-likeness (QED) is 0.641. The van der Waals surface area contributed by atoms with Crippen LogP contribution >= 0.6 is 0 Å². The van der Waals surface area contributed by atoms with Gasteiger partial charge in [-0.3, -0.25) is 5.32 Å². The third-order valence-corrected chi connectivity index (χ3v) is 3.51. The van der Waals surface area contributed by atoms with Crippen LogP contribution in [0.25, 0.3) is 0 Å². The minimum absolute atomic E-state index is 0.107. The number of hydrogen-bond acceptors (Lipinski definition) is 4. The van der Waals surface area contributed by atoms with Gasteiger partial charge < -0.3 is 10.0 Å². The summed E-state index contributed by atoms with van der Waals surface area (Å²) in [5.41, 5.74) is -0.390. The molecule has 0 radical (unpaired) electrons. The van der Waals surface area contributed by atoms with E-state index in [9.17, 15) is 5.26 Å². The van der Waals surface area contributed by atoms with Crippen molar-refractivity contribution in [2.24, 2.45) is 5.92 Å². The number of nitriles is 1. The van der Waals surface area contributed by atoms with Crippen LogP contribution in [0, 0.1) is 17.2 Å². The van der Waals surface area contributed by atoms with Crippen LogP contribution in [0.3, 0.4) is 0 Å². The standard InChI is InChI=1S/C10H17N3O/c11-7-10(12-3-6-14)8-13-4-1-9(10)2-5-13/h9,12,14H,1-6,8H2. The molecule has 0 aromatic carbocycles. The highest BCUT2D eigenvalue weighted by molar-refractivity contribution is 5.16. The van der Waals surface area contributed by atoms with Crippen molar-refractivity contribution in [1.82, 2.24) is 10.2 Å². The van der Waals surface area contributed by atoms with E-state index in [0.29, 0.717) is 12.5 Å². The summed E-state index contributed by atoms with van der Waals surface area (Å²) in [7, 11) is 0. The molecule has 14 heavy (non-hydrogen) atoms. The summed E-state index contributed by atoms with van der Waals surface area (Å²) in [5, 5.41) is 21.3. The number of aliphatic hydroxyl groups is 1. The van der Waals surface area contributed by atoms with Crippen LogP contribution in [0.4, 0.5) is 0 Å². The highest BCUT2D eigenvalue weighted by atomic mass is 16.3. The first-order valence-corrected chi connectivity index (χ1v) is 5.30. The van der Waals surface area contributed by atoms with Gasteiger partial charge in [-0.1, -0.05) is 0 Å². The Hall–Kier alpha value is -0.630. The van der Waals surface area contributed by atoms with Gasteiger partial charge in [0.05, 0.1) is 12.7 Å². The lowest BCUT2D eigenvalue weighted by Crippen LogP contribution is -2.65. The van der Waals surface area contributed by atoms with E-state index in [1.54, 1.807) is 0 Å². The van der Waals surface area contributed by atoms with E-state index >= 15 is 0 Å². The molecule has 0 amide bonds. The SMILES string of the molecule is N#CC1(NCCO)CN2CCC1CC2. The predicted molar refractivity (Wildman–Crippen MR) is 52.6 cm³/mol. The normalized spacial score (nSPS) is 40.9. The Balaban J connectivity index is 2.08. The Morgan fingerprint density at radius 1 is 1.50 bits per heavy atom. The molecule has 0 aliphatic carbocycles. The number of nitrogens with zero attached hydrogens (tertiary/aromatic N) is 2. The maximum Gasteiger partial charge on any atom is 0.122 e. The molecular weight excluding hydrogens is 178 g/mol. The van der Waals surface area contributed by atoms with Crippen LogP contribution in [-0.2, 0) is 0 Å². The Labute approximate surface area is 84.5 Å². The van der Waals surface area contributed by atoms with E-state index in [1.807, 2.05) is 0 Å². The maximum atomic E-state index is 9.27. The zero-order valence-corrected chi connectivity index (χ0v) is 8.37. The fourth-order valence-electron chi connectivity index (χ4n) is 2.71. The van der Waals surface area contributed by atoms with E-state index in [2.05, 4.69) is 16.3 Å². The van der Waals surface area contributed by atoms with Gasteiger partial charge in [-0.15, -0.1) is 0 Å². The van der Waals surface area contributed by atoms with E-state index in [4.69, 9.17) is 5.11 Å². The summed E-state index contributed by atoms with van der Waals surface area (Å²) in [6.45, 7) is 3.73. The number of rotatable bonds is 3. The first-order chi connectivity index (χ1) is 6.80. The summed E-state index contributed by atoms with van der Waals surface area (Å²) in [5.74, 6) is 0.476. The van der Waals surface area contributed by atoms with Crippen LogP contribution in [0.2, 0.25) is 0 Å². The maximum absolute atomic E-state index is 9.27. The minimum atomic E-state index is -0.390. The largest absolute Gasteiger partial charge is 0.395 e. The summed E-state index contributed by atoms with van der Waals surface area (Å²) < 4.78 is 0. The van der Waals surface area contributed by atoms with Crippen molar-refractivity contribution in [2.45, 2.75) is 18.4 Å². The monoisotopic (exact) mass is 195 g/mol. The van der Waals surface area contributed by atoms with E-state index in [1.165, 1.54) is 0 Å². The first kappa shape index (κ1) is 9.91. The molecular formula is C10H17N3O. The third kappa shape index (κ3) is 1.52. The summed E-state index contributed by atoms with van der Waals surface area (Å²) in [6, 6.07) is 2.42. The average molecular weight is 195 g/mol. The van der Waals surface area contributed by atoms with Crippen LogP contribution in [0.1, 0.15) is 12.8 Å². The van der Waals surface area contributed by atoms with Crippen molar-refractivity contribution >= 4 is 0 Å². The number of fused-ring (bicyclic) bond motifs is 3. The zero-order chi connectivity index (χ0) is 10.0. The van der Waals surface area contributed by atoms with Crippen molar-refractivity contribution in [2.75, 3.05) is 32.8 Å². The molecule has 1 unspecified atom stereocenters. The second kappa shape index (κ2) is 3.85. The molecule has 0 aromatic heterocycles. The molecule has 3 aliphatic rings. The number of piperidine rings is 3. The Morgan fingerprint density at radius 3 is 2.64 bits per heavy atom. The molecule has 78 valence electrons. The lowest BCUT2D eigenvalue weighted by atomic mass is 9.73. The molecule has 3 heterocycles.